The van der Waals surface area contributed by atoms with E-state index in [4.69, 9.17) is 11.6 Å². The average molecular weight is 345 g/mol. The zero-order valence-electron chi connectivity index (χ0n) is 11.5. The van der Waals surface area contributed by atoms with Gasteiger partial charge in [0.1, 0.15) is 5.82 Å². The number of nitrogens with zero attached hydrogens (tertiary/aromatic N) is 3. The summed E-state index contributed by atoms with van der Waals surface area (Å²) in [6, 6.07) is 4.24. The SMILES string of the molecule is O=S1(=O)CCC(NCc2cn(-c3ccc(F)c(Cl)c3)nn2)C1. The van der Waals surface area contributed by atoms with Crippen LogP contribution in [0.25, 0.3) is 5.69 Å². The zero-order chi connectivity index (χ0) is 15.7. The van der Waals surface area contributed by atoms with Gasteiger partial charge in [0, 0.05) is 12.6 Å². The maximum absolute atomic E-state index is 13.1. The maximum Gasteiger partial charge on any atom is 0.151 e. The summed E-state index contributed by atoms with van der Waals surface area (Å²) in [5.41, 5.74) is 1.28. The van der Waals surface area contributed by atoms with E-state index in [9.17, 15) is 12.8 Å². The molecule has 118 valence electrons. The van der Waals surface area contributed by atoms with E-state index in [0.29, 0.717) is 24.3 Å². The van der Waals surface area contributed by atoms with Gasteiger partial charge in [-0.1, -0.05) is 16.8 Å². The third-order valence-electron chi connectivity index (χ3n) is 3.51. The fourth-order valence-corrected chi connectivity index (χ4v) is 4.22. The molecule has 22 heavy (non-hydrogen) atoms. The van der Waals surface area contributed by atoms with E-state index in [1.807, 2.05) is 0 Å². The number of aromatic nitrogens is 3. The Morgan fingerprint density at radius 3 is 2.95 bits per heavy atom. The Kier molecular flexibility index (Phi) is 4.16. The van der Waals surface area contributed by atoms with Gasteiger partial charge < -0.3 is 5.32 Å². The molecule has 1 aliphatic heterocycles. The highest BCUT2D eigenvalue weighted by molar-refractivity contribution is 7.91. The molecule has 1 saturated heterocycles. The Bertz CT molecular complexity index is 793. The lowest BCUT2D eigenvalue weighted by molar-refractivity contribution is 0.548. The van der Waals surface area contributed by atoms with Crippen LogP contribution in [0.15, 0.2) is 24.4 Å². The number of nitrogens with one attached hydrogen (secondary N) is 1. The van der Waals surface area contributed by atoms with Crippen LogP contribution < -0.4 is 5.32 Å². The minimum atomic E-state index is -2.90. The van der Waals surface area contributed by atoms with E-state index in [1.54, 1.807) is 12.3 Å². The van der Waals surface area contributed by atoms with Crippen LogP contribution in [0, 0.1) is 5.82 Å². The highest BCUT2D eigenvalue weighted by Gasteiger charge is 2.27. The zero-order valence-corrected chi connectivity index (χ0v) is 13.1. The third-order valence-corrected chi connectivity index (χ3v) is 5.57. The molecule has 2 aromatic rings. The van der Waals surface area contributed by atoms with E-state index in [-0.39, 0.29) is 22.6 Å². The smallest absolute Gasteiger partial charge is 0.151 e. The molecule has 0 bridgehead atoms. The van der Waals surface area contributed by atoms with Gasteiger partial charge in [-0.25, -0.2) is 17.5 Å². The lowest BCUT2D eigenvalue weighted by atomic mass is 10.2. The lowest BCUT2D eigenvalue weighted by Crippen LogP contribution is -2.29. The van der Waals surface area contributed by atoms with Crippen molar-refractivity contribution in [2.24, 2.45) is 0 Å². The van der Waals surface area contributed by atoms with E-state index >= 15 is 0 Å². The number of halogens is 2. The Morgan fingerprint density at radius 1 is 1.45 bits per heavy atom. The highest BCUT2D eigenvalue weighted by atomic mass is 35.5. The first-order valence-electron chi connectivity index (χ1n) is 6.73. The van der Waals surface area contributed by atoms with Crippen molar-refractivity contribution in [1.29, 1.82) is 0 Å². The first-order chi connectivity index (χ1) is 10.4. The first-order valence-corrected chi connectivity index (χ1v) is 8.93. The third kappa shape index (κ3) is 3.45. The van der Waals surface area contributed by atoms with Crippen molar-refractivity contribution in [3.63, 3.8) is 0 Å². The summed E-state index contributed by atoms with van der Waals surface area (Å²) in [6.45, 7) is 0.426. The van der Waals surface area contributed by atoms with E-state index in [1.165, 1.54) is 16.8 Å². The predicted octanol–water partition coefficient (Wildman–Crippen LogP) is 1.34. The van der Waals surface area contributed by atoms with Crippen molar-refractivity contribution >= 4 is 21.4 Å². The van der Waals surface area contributed by atoms with Crippen molar-refractivity contribution < 1.29 is 12.8 Å². The first kappa shape index (κ1) is 15.4. The Labute approximate surface area is 132 Å². The number of benzene rings is 1. The molecule has 9 heteroatoms. The van der Waals surface area contributed by atoms with Gasteiger partial charge in [0.2, 0.25) is 0 Å². The topological polar surface area (TPSA) is 76.9 Å². The van der Waals surface area contributed by atoms with Crippen molar-refractivity contribution in [3.8, 4) is 5.69 Å². The normalized spacial score (nSPS) is 20.4. The van der Waals surface area contributed by atoms with Crippen LogP contribution in [0.1, 0.15) is 12.1 Å². The van der Waals surface area contributed by atoms with Gasteiger partial charge in [-0.05, 0) is 24.6 Å². The highest BCUT2D eigenvalue weighted by Crippen LogP contribution is 2.18. The van der Waals surface area contributed by atoms with Crippen LogP contribution >= 0.6 is 11.6 Å². The number of hydrogen-bond donors (Lipinski definition) is 1. The Balaban J connectivity index is 1.65. The van der Waals surface area contributed by atoms with Crippen LogP contribution in [0.2, 0.25) is 5.02 Å². The molecular weight excluding hydrogens is 331 g/mol. The minimum Gasteiger partial charge on any atom is -0.307 e. The molecule has 6 nitrogen and oxygen atoms in total. The molecule has 1 aromatic carbocycles. The van der Waals surface area contributed by atoms with Crippen molar-refractivity contribution in [2.75, 3.05) is 11.5 Å². The van der Waals surface area contributed by atoms with Gasteiger partial charge in [0.05, 0.1) is 34.1 Å². The summed E-state index contributed by atoms with van der Waals surface area (Å²) in [7, 11) is -2.90. The fourth-order valence-electron chi connectivity index (χ4n) is 2.34. The van der Waals surface area contributed by atoms with Gasteiger partial charge in [0.15, 0.2) is 9.84 Å². The van der Waals surface area contributed by atoms with Crippen molar-refractivity contribution in [1.82, 2.24) is 20.3 Å². The quantitative estimate of drug-likeness (QED) is 0.905. The fraction of sp³-hybridized carbons (Fsp3) is 0.385. The summed E-state index contributed by atoms with van der Waals surface area (Å²) in [4.78, 5) is 0. The largest absolute Gasteiger partial charge is 0.307 e. The van der Waals surface area contributed by atoms with E-state index in [2.05, 4.69) is 15.6 Å². The molecule has 3 rings (SSSR count). The molecular formula is C13H14ClFN4O2S. The summed E-state index contributed by atoms with van der Waals surface area (Å²) < 4.78 is 37.4. The standard InChI is InChI=1S/C13H14ClFN4O2S/c14-12-5-11(1-2-13(12)15)19-7-10(17-18-19)6-16-9-3-4-22(20,21)8-9/h1-2,5,7,9,16H,3-4,6,8H2. The molecule has 1 aromatic heterocycles. The van der Waals surface area contributed by atoms with E-state index in [0.717, 1.165) is 0 Å². The van der Waals surface area contributed by atoms with Gasteiger partial charge in [0.25, 0.3) is 0 Å². The molecule has 1 atom stereocenters. The monoisotopic (exact) mass is 344 g/mol. The average Bonchev–Trinajstić information content (AvgIpc) is 3.06. The van der Waals surface area contributed by atoms with Gasteiger partial charge in [-0.15, -0.1) is 5.10 Å². The van der Waals surface area contributed by atoms with Gasteiger partial charge >= 0.3 is 0 Å². The van der Waals surface area contributed by atoms with Crippen molar-refractivity contribution in [3.05, 3.63) is 40.9 Å². The number of sulfone groups is 1. The summed E-state index contributed by atoms with van der Waals surface area (Å²) in [5.74, 6) is -0.102. The van der Waals surface area contributed by atoms with Crippen molar-refractivity contribution in [2.45, 2.75) is 19.0 Å². The van der Waals surface area contributed by atoms with E-state index < -0.39 is 15.7 Å². The summed E-state index contributed by atoms with van der Waals surface area (Å²) in [5, 5.41) is 11.1. The molecule has 0 aliphatic carbocycles. The van der Waals surface area contributed by atoms with Gasteiger partial charge in [-0.2, -0.15) is 0 Å². The molecule has 1 unspecified atom stereocenters. The summed E-state index contributed by atoms with van der Waals surface area (Å²) >= 11 is 5.74. The molecule has 2 heterocycles. The van der Waals surface area contributed by atoms with Crippen LogP contribution in [0.4, 0.5) is 4.39 Å². The van der Waals surface area contributed by atoms with Crippen LogP contribution in [0.3, 0.4) is 0 Å². The predicted molar refractivity (Wildman–Crippen MR) is 80.2 cm³/mol. The summed E-state index contributed by atoms with van der Waals surface area (Å²) in [6.07, 6.45) is 2.31. The lowest BCUT2D eigenvalue weighted by Gasteiger charge is -2.07. The van der Waals surface area contributed by atoms with Crippen LogP contribution in [-0.2, 0) is 16.4 Å². The molecule has 1 N–H and O–H groups in total. The minimum absolute atomic E-state index is 0.0174. The second kappa shape index (κ2) is 5.94. The van der Waals surface area contributed by atoms with Gasteiger partial charge in [-0.3, -0.25) is 0 Å². The molecule has 0 amide bonds. The van der Waals surface area contributed by atoms with Crippen LogP contribution in [0.5, 0.6) is 0 Å². The molecule has 1 fully saturated rings. The number of rotatable bonds is 4. The molecule has 0 radical (unpaired) electrons. The number of hydrogen-bond acceptors (Lipinski definition) is 5. The second-order valence-electron chi connectivity index (χ2n) is 5.23. The van der Waals surface area contributed by atoms with Crippen LogP contribution in [-0.4, -0.2) is 41.0 Å². The molecule has 1 aliphatic rings. The Hall–Kier alpha value is -1.51. The molecule has 0 saturated carbocycles. The Morgan fingerprint density at radius 2 is 2.27 bits per heavy atom. The maximum atomic E-state index is 13.1. The second-order valence-corrected chi connectivity index (χ2v) is 7.87. The molecule has 0 spiro atoms.